The topological polar surface area (TPSA) is 15.3 Å². The minimum absolute atomic E-state index is 0.198. The molecule has 0 bridgehead atoms. The van der Waals surface area contributed by atoms with Crippen LogP contribution in [0.1, 0.15) is 32.8 Å². The molecule has 1 aromatic rings. The SMILES string of the molecule is CCC1(C)CN(c2ccc(C)c(Cl)c2)C(C)CN1. The first-order chi connectivity index (χ1) is 8.45. The molecule has 18 heavy (non-hydrogen) atoms. The van der Waals surface area contributed by atoms with Crippen LogP contribution in [0.5, 0.6) is 0 Å². The fourth-order valence-electron chi connectivity index (χ4n) is 2.43. The van der Waals surface area contributed by atoms with Gasteiger partial charge < -0.3 is 10.2 Å². The summed E-state index contributed by atoms with van der Waals surface area (Å²) in [5, 5.41) is 4.50. The molecule has 1 fully saturated rings. The number of anilines is 1. The quantitative estimate of drug-likeness (QED) is 0.880. The van der Waals surface area contributed by atoms with E-state index in [-0.39, 0.29) is 5.54 Å². The van der Waals surface area contributed by atoms with Crippen LogP contribution in [0.2, 0.25) is 5.02 Å². The average molecular weight is 267 g/mol. The first-order valence-corrected chi connectivity index (χ1v) is 7.11. The van der Waals surface area contributed by atoms with Crippen molar-refractivity contribution in [3.8, 4) is 0 Å². The Morgan fingerprint density at radius 1 is 1.50 bits per heavy atom. The molecule has 3 heteroatoms. The highest BCUT2D eigenvalue weighted by Gasteiger charge is 2.32. The van der Waals surface area contributed by atoms with Gasteiger partial charge in [0, 0.05) is 35.4 Å². The summed E-state index contributed by atoms with van der Waals surface area (Å²) in [4.78, 5) is 2.46. The van der Waals surface area contributed by atoms with E-state index in [2.05, 4.69) is 49.2 Å². The third kappa shape index (κ3) is 2.65. The van der Waals surface area contributed by atoms with Crippen molar-refractivity contribution in [2.45, 2.75) is 45.7 Å². The molecule has 100 valence electrons. The van der Waals surface area contributed by atoms with Crippen LogP contribution >= 0.6 is 11.6 Å². The van der Waals surface area contributed by atoms with E-state index in [1.165, 1.54) is 5.69 Å². The number of hydrogen-bond acceptors (Lipinski definition) is 2. The average Bonchev–Trinajstić information content (AvgIpc) is 2.36. The van der Waals surface area contributed by atoms with Gasteiger partial charge in [-0.15, -0.1) is 0 Å². The summed E-state index contributed by atoms with van der Waals surface area (Å²) in [7, 11) is 0. The summed E-state index contributed by atoms with van der Waals surface area (Å²) < 4.78 is 0. The monoisotopic (exact) mass is 266 g/mol. The molecule has 2 atom stereocenters. The molecule has 1 aliphatic rings. The fourth-order valence-corrected chi connectivity index (χ4v) is 2.61. The van der Waals surface area contributed by atoms with Gasteiger partial charge >= 0.3 is 0 Å². The molecule has 1 heterocycles. The standard InChI is InChI=1S/C15H23ClN2/c1-5-15(4)10-18(12(3)9-17-15)13-7-6-11(2)14(16)8-13/h6-8,12,17H,5,9-10H2,1-4H3. The maximum Gasteiger partial charge on any atom is 0.0455 e. The van der Waals surface area contributed by atoms with Gasteiger partial charge in [0.25, 0.3) is 0 Å². The van der Waals surface area contributed by atoms with E-state index in [9.17, 15) is 0 Å². The lowest BCUT2D eigenvalue weighted by Gasteiger charge is -2.46. The predicted octanol–water partition coefficient (Wildman–Crippen LogP) is 3.62. The van der Waals surface area contributed by atoms with Gasteiger partial charge in [-0.05, 0) is 44.9 Å². The van der Waals surface area contributed by atoms with Gasteiger partial charge in [-0.1, -0.05) is 24.6 Å². The zero-order chi connectivity index (χ0) is 13.3. The first kappa shape index (κ1) is 13.7. The number of nitrogens with zero attached hydrogens (tertiary/aromatic N) is 1. The lowest BCUT2D eigenvalue weighted by atomic mass is 9.93. The van der Waals surface area contributed by atoms with Crippen LogP contribution in [0.25, 0.3) is 0 Å². The maximum absolute atomic E-state index is 6.24. The molecule has 0 aliphatic carbocycles. The third-order valence-corrected chi connectivity index (χ3v) is 4.55. The minimum Gasteiger partial charge on any atom is -0.366 e. The molecule has 0 spiro atoms. The molecule has 2 unspecified atom stereocenters. The van der Waals surface area contributed by atoms with E-state index < -0.39 is 0 Å². The van der Waals surface area contributed by atoms with Gasteiger partial charge in [0.2, 0.25) is 0 Å². The van der Waals surface area contributed by atoms with Crippen molar-refractivity contribution in [2.24, 2.45) is 0 Å². The highest BCUT2D eigenvalue weighted by molar-refractivity contribution is 6.31. The fraction of sp³-hybridized carbons (Fsp3) is 0.600. The highest BCUT2D eigenvalue weighted by atomic mass is 35.5. The number of nitrogens with one attached hydrogen (secondary N) is 1. The molecule has 2 rings (SSSR count). The van der Waals surface area contributed by atoms with Crippen LogP contribution < -0.4 is 10.2 Å². The van der Waals surface area contributed by atoms with Crippen molar-refractivity contribution in [3.05, 3.63) is 28.8 Å². The van der Waals surface area contributed by atoms with Gasteiger partial charge in [0.05, 0.1) is 0 Å². The number of rotatable bonds is 2. The molecule has 1 aliphatic heterocycles. The van der Waals surface area contributed by atoms with Crippen molar-refractivity contribution in [3.63, 3.8) is 0 Å². The smallest absolute Gasteiger partial charge is 0.0455 e. The summed E-state index contributed by atoms with van der Waals surface area (Å²) in [6.07, 6.45) is 1.13. The molecular formula is C15H23ClN2. The second-order valence-electron chi connectivity index (χ2n) is 5.71. The third-order valence-electron chi connectivity index (χ3n) is 4.14. The van der Waals surface area contributed by atoms with Crippen LogP contribution in [0.4, 0.5) is 5.69 Å². The van der Waals surface area contributed by atoms with Crippen LogP contribution in [-0.4, -0.2) is 24.7 Å². The number of aryl methyl sites for hydroxylation is 1. The number of hydrogen-bond donors (Lipinski definition) is 1. The van der Waals surface area contributed by atoms with Crippen molar-refractivity contribution in [1.82, 2.24) is 5.32 Å². The minimum atomic E-state index is 0.198. The summed E-state index contributed by atoms with van der Waals surface area (Å²) >= 11 is 6.24. The van der Waals surface area contributed by atoms with Crippen molar-refractivity contribution >= 4 is 17.3 Å². The second-order valence-corrected chi connectivity index (χ2v) is 6.11. The Balaban J connectivity index is 2.27. The molecule has 1 saturated heterocycles. The number of piperazine rings is 1. The van der Waals surface area contributed by atoms with Crippen LogP contribution in [-0.2, 0) is 0 Å². The largest absolute Gasteiger partial charge is 0.366 e. The van der Waals surface area contributed by atoms with E-state index in [0.717, 1.165) is 30.1 Å². The van der Waals surface area contributed by atoms with Gasteiger partial charge in [-0.25, -0.2) is 0 Å². The van der Waals surface area contributed by atoms with Crippen LogP contribution in [0.15, 0.2) is 18.2 Å². The molecule has 0 saturated carbocycles. The Labute approximate surface area is 115 Å². The van der Waals surface area contributed by atoms with E-state index in [4.69, 9.17) is 11.6 Å². The lowest BCUT2D eigenvalue weighted by Crippen LogP contribution is -2.62. The summed E-state index contributed by atoms with van der Waals surface area (Å²) in [6.45, 7) is 10.9. The van der Waals surface area contributed by atoms with Crippen molar-refractivity contribution < 1.29 is 0 Å². The van der Waals surface area contributed by atoms with Gasteiger partial charge in [-0.3, -0.25) is 0 Å². The second kappa shape index (κ2) is 5.10. The summed E-state index contributed by atoms with van der Waals surface area (Å²) in [5.41, 5.74) is 2.57. The molecule has 0 amide bonds. The Bertz CT molecular complexity index is 433. The van der Waals surface area contributed by atoms with E-state index >= 15 is 0 Å². The summed E-state index contributed by atoms with van der Waals surface area (Å²) in [6, 6.07) is 6.88. The molecule has 1 N–H and O–H groups in total. The maximum atomic E-state index is 6.24. The molecular weight excluding hydrogens is 244 g/mol. The zero-order valence-corrected chi connectivity index (χ0v) is 12.5. The predicted molar refractivity (Wildman–Crippen MR) is 79.7 cm³/mol. The van der Waals surface area contributed by atoms with Gasteiger partial charge in [-0.2, -0.15) is 0 Å². The highest BCUT2D eigenvalue weighted by Crippen LogP contribution is 2.28. The Morgan fingerprint density at radius 3 is 2.83 bits per heavy atom. The summed E-state index contributed by atoms with van der Waals surface area (Å²) in [5.74, 6) is 0. The molecule has 0 radical (unpaired) electrons. The lowest BCUT2D eigenvalue weighted by molar-refractivity contribution is 0.285. The Kier molecular flexibility index (Phi) is 3.88. The van der Waals surface area contributed by atoms with E-state index in [1.54, 1.807) is 0 Å². The zero-order valence-electron chi connectivity index (χ0n) is 11.8. The Morgan fingerprint density at radius 2 is 2.22 bits per heavy atom. The van der Waals surface area contributed by atoms with Gasteiger partial charge in [0.15, 0.2) is 0 Å². The first-order valence-electron chi connectivity index (χ1n) is 6.73. The van der Waals surface area contributed by atoms with Crippen molar-refractivity contribution in [1.29, 1.82) is 0 Å². The normalized spacial score (nSPS) is 28.5. The number of halogens is 1. The van der Waals surface area contributed by atoms with Crippen molar-refractivity contribution in [2.75, 3.05) is 18.0 Å². The molecule has 2 nitrogen and oxygen atoms in total. The molecule has 1 aromatic carbocycles. The van der Waals surface area contributed by atoms with E-state index in [1.807, 2.05) is 6.92 Å². The van der Waals surface area contributed by atoms with Gasteiger partial charge in [0.1, 0.15) is 0 Å². The van der Waals surface area contributed by atoms with Crippen LogP contribution in [0.3, 0.4) is 0 Å². The number of benzene rings is 1. The van der Waals surface area contributed by atoms with E-state index in [0.29, 0.717) is 6.04 Å². The van der Waals surface area contributed by atoms with Crippen LogP contribution in [0, 0.1) is 6.92 Å². The molecule has 0 aromatic heterocycles. The Hall–Kier alpha value is -0.730.